The van der Waals surface area contributed by atoms with Gasteiger partial charge in [-0.15, -0.1) is 0 Å². The van der Waals surface area contributed by atoms with E-state index in [0.717, 1.165) is 12.8 Å². The van der Waals surface area contributed by atoms with Crippen molar-refractivity contribution in [3.63, 3.8) is 0 Å². The maximum Gasteiger partial charge on any atom is 0.275 e. The zero-order valence-corrected chi connectivity index (χ0v) is 12.9. The van der Waals surface area contributed by atoms with Gasteiger partial charge in [-0.2, -0.15) is 5.10 Å². The number of hydrogen-bond donors (Lipinski definition) is 2. The van der Waals surface area contributed by atoms with Crippen LogP contribution in [0.25, 0.3) is 0 Å². The zero-order valence-electron chi connectivity index (χ0n) is 12.1. The number of carbonyl (C=O) groups excluding carboxylic acids is 1. The summed E-state index contributed by atoms with van der Waals surface area (Å²) in [7, 11) is -2.36. The standard InChI is InChI=1S/C12H20N4O4S/c1-3-9-11(21(13,18)19)10(15-14-9)12(17)16-6-4-8(20-2)5-7-16/h8H,3-7H2,1-2H3,(H,14,15)(H2,13,18,19). The topological polar surface area (TPSA) is 118 Å². The van der Waals surface area contributed by atoms with Crippen molar-refractivity contribution in [3.05, 3.63) is 11.4 Å². The van der Waals surface area contributed by atoms with E-state index in [1.807, 2.05) is 0 Å². The van der Waals surface area contributed by atoms with Gasteiger partial charge in [0.05, 0.1) is 11.8 Å². The number of nitrogens with zero attached hydrogens (tertiary/aromatic N) is 2. The highest BCUT2D eigenvalue weighted by Crippen LogP contribution is 2.21. The Balaban J connectivity index is 2.27. The Morgan fingerprint density at radius 3 is 2.57 bits per heavy atom. The van der Waals surface area contributed by atoms with Crippen molar-refractivity contribution in [1.29, 1.82) is 0 Å². The number of amides is 1. The largest absolute Gasteiger partial charge is 0.381 e. The van der Waals surface area contributed by atoms with Crippen molar-refractivity contribution in [2.75, 3.05) is 20.2 Å². The molecule has 9 heteroatoms. The molecule has 0 aliphatic carbocycles. The van der Waals surface area contributed by atoms with Crippen molar-refractivity contribution in [2.24, 2.45) is 5.14 Å². The van der Waals surface area contributed by atoms with E-state index >= 15 is 0 Å². The molecule has 1 aliphatic heterocycles. The number of aryl methyl sites for hydroxylation is 1. The molecule has 21 heavy (non-hydrogen) atoms. The summed E-state index contributed by atoms with van der Waals surface area (Å²) in [4.78, 5) is 13.9. The van der Waals surface area contributed by atoms with Gasteiger partial charge in [-0.25, -0.2) is 13.6 Å². The average Bonchev–Trinajstić information content (AvgIpc) is 2.90. The van der Waals surface area contributed by atoms with E-state index in [1.165, 1.54) is 0 Å². The molecule has 0 aromatic carbocycles. The number of aromatic amines is 1. The third kappa shape index (κ3) is 3.25. The molecule has 1 fully saturated rings. The lowest BCUT2D eigenvalue weighted by Gasteiger charge is -2.30. The maximum absolute atomic E-state index is 12.5. The summed E-state index contributed by atoms with van der Waals surface area (Å²) in [5, 5.41) is 11.7. The molecular weight excluding hydrogens is 296 g/mol. The Morgan fingerprint density at radius 2 is 2.10 bits per heavy atom. The van der Waals surface area contributed by atoms with Gasteiger partial charge in [0.25, 0.3) is 5.91 Å². The number of primary sulfonamides is 1. The molecule has 0 spiro atoms. The van der Waals surface area contributed by atoms with Crippen LogP contribution in [0.1, 0.15) is 35.9 Å². The number of hydrogen-bond acceptors (Lipinski definition) is 5. The molecule has 8 nitrogen and oxygen atoms in total. The van der Waals surface area contributed by atoms with Crippen LogP contribution in [-0.2, 0) is 21.2 Å². The SMILES string of the molecule is CCc1[nH]nc(C(=O)N2CCC(OC)CC2)c1S(N)(=O)=O. The van der Waals surface area contributed by atoms with Crippen molar-refractivity contribution in [3.8, 4) is 0 Å². The molecule has 1 aliphatic rings. The first-order chi connectivity index (χ1) is 9.88. The van der Waals surface area contributed by atoms with Crippen LogP contribution in [0.2, 0.25) is 0 Å². The number of nitrogens with two attached hydrogens (primary N) is 1. The highest BCUT2D eigenvalue weighted by Gasteiger charge is 2.31. The Kier molecular flexibility index (Phi) is 4.64. The molecule has 1 amide bonds. The van der Waals surface area contributed by atoms with Gasteiger partial charge < -0.3 is 9.64 Å². The second-order valence-electron chi connectivity index (χ2n) is 5.01. The number of aromatic nitrogens is 2. The lowest BCUT2D eigenvalue weighted by Crippen LogP contribution is -2.41. The average molecular weight is 316 g/mol. The number of nitrogens with one attached hydrogen (secondary N) is 1. The lowest BCUT2D eigenvalue weighted by atomic mass is 10.1. The number of likely N-dealkylation sites (tertiary alicyclic amines) is 1. The first kappa shape index (κ1) is 15.9. The Morgan fingerprint density at radius 1 is 1.48 bits per heavy atom. The van der Waals surface area contributed by atoms with E-state index in [-0.39, 0.29) is 16.7 Å². The highest BCUT2D eigenvalue weighted by atomic mass is 32.2. The number of ether oxygens (including phenoxy) is 1. The number of carbonyl (C=O) groups is 1. The molecule has 0 saturated carbocycles. The molecule has 0 radical (unpaired) electrons. The van der Waals surface area contributed by atoms with Gasteiger partial charge in [-0.05, 0) is 19.3 Å². The Bertz CT molecular complexity index is 617. The predicted molar refractivity (Wildman–Crippen MR) is 75.3 cm³/mol. The minimum Gasteiger partial charge on any atom is -0.381 e. The molecule has 2 heterocycles. The second kappa shape index (κ2) is 6.12. The quantitative estimate of drug-likeness (QED) is 0.802. The first-order valence-electron chi connectivity index (χ1n) is 6.80. The molecule has 2 rings (SSSR count). The normalized spacial score (nSPS) is 17.2. The number of piperidine rings is 1. The molecule has 0 atom stereocenters. The monoisotopic (exact) mass is 316 g/mol. The number of methoxy groups -OCH3 is 1. The van der Waals surface area contributed by atoms with E-state index in [1.54, 1.807) is 18.9 Å². The third-order valence-electron chi connectivity index (χ3n) is 3.70. The summed E-state index contributed by atoms with van der Waals surface area (Å²) < 4.78 is 28.7. The summed E-state index contributed by atoms with van der Waals surface area (Å²) in [6.45, 7) is 2.78. The summed E-state index contributed by atoms with van der Waals surface area (Å²) in [5.41, 5.74) is 0.234. The minimum absolute atomic E-state index is 0.120. The van der Waals surface area contributed by atoms with Gasteiger partial charge in [-0.1, -0.05) is 6.92 Å². The van der Waals surface area contributed by atoms with Crippen LogP contribution >= 0.6 is 0 Å². The van der Waals surface area contributed by atoms with E-state index in [2.05, 4.69) is 10.2 Å². The fraction of sp³-hybridized carbons (Fsp3) is 0.667. The van der Waals surface area contributed by atoms with Crippen LogP contribution < -0.4 is 5.14 Å². The fourth-order valence-corrected chi connectivity index (χ4v) is 3.44. The van der Waals surface area contributed by atoms with Crippen LogP contribution in [-0.4, -0.2) is 55.7 Å². The van der Waals surface area contributed by atoms with Crippen molar-refractivity contribution in [2.45, 2.75) is 37.2 Å². The summed E-state index contributed by atoms with van der Waals surface area (Å²) >= 11 is 0. The van der Waals surface area contributed by atoms with E-state index in [9.17, 15) is 13.2 Å². The molecule has 1 aromatic heterocycles. The van der Waals surface area contributed by atoms with Crippen LogP contribution in [0.15, 0.2) is 4.90 Å². The van der Waals surface area contributed by atoms with Gasteiger partial charge in [-0.3, -0.25) is 9.89 Å². The van der Waals surface area contributed by atoms with Crippen molar-refractivity contribution >= 4 is 15.9 Å². The van der Waals surface area contributed by atoms with Gasteiger partial charge >= 0.3 is 0 Å². The van der Waals surface area contributed by atoms with Crippen LogP contribution in [0, 0.1) is 0 Å². The lowest BCUT2D eigenvalue weighted by molar-refractivity contribution is 0.0345. The smallest absolute Gasteiger partial charge is 0.275 e. The Labute approximate surface area is 123 Å². The van der Waals surface area contributed by atoms with E-state index < -0.39 is 15.9 Å². The molecule has 118 valence electrons. The molecule has 3 N–H and O–H groups in total. The number of sulfonamides is 1. The summed E-state index contributed by atoms with van der Waals surface area (Å²) in [6.07, 6.45) is 1.98. The Hall–Kier alpha value is -1.45. The van der Waals surface area contributed by atoms with Gasteiger partial charge in [0, 0.05) is 20.2 Å². The van der Waals surface area contributed by atoms with Gasteiger partial charge in [0.2, 0.25) is 10.0 Å². The third-order valence-corrected chi connectivity index (χ3v) is 4.70. The zero-order chi connectivity index (χ0) is 15.6. The van der Waals surface area contributed by atoms with E-state index in [4.69, 9.17) is 9.88 Å². The van der Waals surface area contributed by atoms with Gasteiger partial charge in [0.15, 0.2) is 5.69 Å². The molecule has 0 bridgehead atoms. The number of H-pyrrole nitrogens is 1. The first-order valence-corrected chi connectivity index (χ1v) is 8.35. The van der Waals surface area contributed by atoms with Crippen molar-refractivity contribution in [1.82, 2.24) is 15.1 Å². The predicted octanol–water partition coefficient (Wildman–Crippen LogP) is -0.129. The van der Waals surface area contributed by atoms with Gasteiger partial charge in [0.1, 0.15) is 4.90 Å². The van der Waals surface area contributed by atoms with Crippen molar-refractivity contribution < 1.29 is 17.9 Å². The fourth-order valence-electron chi connectivity index (χ4n) is 2.50. The van der Waals surface area contributed by atoms with Crippen LogP contribution in [0.5, 0.6) is 0 Å². The van der Waals surface area contributed by atoms with E-state index in [0.29, 0.717) is 25.2 Å². The van der Waals surface area contributed by atoms with Crippen LogP contribution in [0.3, 0.4) is 0 Å². The maximum atomic E-state index is 12.5. The number of rotatable bonds is 4. The highest BCUT2D eigenvalue weighted by molar-refractivity contribution is 7.89. The minimum atomic E-state index is -4.00. The van der Waals surface area contributed by atoms with Crippen LogP contribution in [0.4, 0.5) is 0 Å². The second-order valence-corrected chi connectivity index (χ2v) is 6.50. The summed E-state index contributed by atoms with van der Waals surface area (Å²) in [5.74, 6) is -0.412. The molecular formula is C12H20N4O4S. The summed E-state index contributed by atoms with van der Waals surface area (Å²) in [6, 6.07) is 0. The molecule has 0 unspecified atom stereocenters. The molecule has 1 aromatic rings. The molecule has 1 saturated heterocycles.